The summed E-state index contributed by atoms with van der Waals surface area (Å²) in [6.45, 7) is 1.37. The first-order chi connectivity index (χ1) is 8.86. The van der Waals surface area contributed by atoms with E-state index in [0.717, 1.165) is 0 Å². The number of nitrogens with one attached hydrogen (secondary N) is 2. The van der Waals surface area contributed by atoms with E-state index >= 15 is 0 Å². The van der Waals surface area contributed by atoms with Crippen LogP contribution in [0.2, 0.25) is 0 Å². The fourth-order valence-electron chi connectivity index (χ4n) is 1.10. The summed E-state index contributed by atoms with van der Waals surface area (Å²) in [4.78, 5) is 43.3. The first-order valence-electron chi connectivity index (χ1n) is 5.51. The van der Waals surface area contributed by atoms with Crippen molar-refractivity contribution in [1.82, 2.24) is 10.6 Å². The number of carboxylic acid groups (broad SMARTS) is 2. The number of rotatable bonds is 8. The Balaban J connectivity index is 4.13. The predicted octanol–water partition coefficient (Wildman–Crippen LogP) is -0.833. The van der Waals surface area contributed by atoms with Crippen LogP contribution in [0.3, 0.4) is 0 Å². The third-order valence-corrected chi connectivity index (χ3v) is 1.95. The summed E-state index contributed by atoms with van der Waals surface area (Å²) in [5, 5.41) is 21.4. The number of urea groups is 1. The highest BCUT2D eigenvalue weighted by molar-refractivity contribution is 5.85. The number of aliphatic carboxylic acids is 2. The average molecular weight is 276 g/mol. The summed E-state index contributed by atoms with van der Waals surface area (Å²) < 4.78 is 4.55. The maximum atomic E-state index is 11.3. The molecular weight excluding hydrogens is 260 g/mol. The van der Waals surface area contributed by atoms with E-state index < -0.39 is 42.9 Å². The van der Waals surface area contributed by atoms with Gasteiger partial charge < -0.3 is 25.6 Å². The van der Waals surface area contributed by atoms with Crippen molar-refractivity contribution >= 4 is 23.9 Å². The second-order valence-corrected chi connectivity index (χ2v) is 3.46. The lowest BCUT2D eigenvalue weighted by molar-refractivity contribution is -0.142. The molecule has 1 atom stereocenters. The fraction of sp³-hybridized carbons (Fsp3) is 0.600. The van der Waals surface area contributed by atoms with Crippen molar-refractivity contribution in [3.63, 3.8) is 0 Å². The first kappa shape index (κ1) is 16.7. The second-order valence-electron chi connectivity index (χ2n) is 3.46. The van der Waals surface area contributed by atoms with E-state index in [4.69, 9.17) is 10.2 Å². The monoisotopic (exact) mass is 276 g/mol. The molecule has 0 aliphatic heterocycles. The van der Waals surface area contributed by atoms with Crippen molar-refractivity contribution in [2.24, 2.45) is 0 Å². The molecule has 0 heterocycles. The molecule has 0 aromatic rings. The Morgan fingerprint density at radius 1 is 1.21 bits per heavy atom. The topological polar surface area (TPSA) is 142 Å². The van der Waals surface area contributed by atoms with Crippen molar-refractivity contribution in [2.45, 2.75) is 25.8 Å². The molecule has 4 N–H and O–H groups in total. The molecule has 9 nitrogen and oxygen atoms in total. The summed E-state index contributed by atoms with van der Waals surface area (Å²) in [5.74, 6) is -3.18. The molecule has 9 heteroatoms. The van der Waals surface area contributed by atoms with Crippen molar-refractivity contribution in [3.05, 3.63) is 0 Å². The largest absolute Gasteiger partial charge is 0.481 e. The lowest BCUT2D eigenvalue weighted by Gasteiger charge is -2.13. The molecule has 0 aromatic carbocycles. The molecule has 2 amide bonds. The number of ether oxygens (including phenoxy) is 1. The van der Waals surface area contributed by atoms with E-state index in [2.05, 4.69) is 10.1 Å². The minimum absolute atomic E-state index is 0.165. The molecule has 0 aliphatic carbocycles. The molecule has 0 bridgehead atoms. The second kappa shape index (κ2) is 8.72. The quantitative estimate of drug-likeness (QED) is 0.423. The van der Waals surface area contributed by atoms with Crippen molar-refractivity contribution in [2.75, 3.05) is 13.2 Å². The molecule has 0 aromatic heterocycles. The van der Waals surface area contributed by atoms with E-state index in [9.17, 15) is 19.2 Å². The summed E-state index contributed by atoms with van der Waals surface area (Å²) in [7, 11) is 0. The summed E-state index contributed by atoms with van der Waals surface area (Å²) >= 11 is 0. The minimum atomic E-state index is -1.35. The number of carbonyl (C=O) groups excluding carboxylic acids is 2. The van der Waals surface area contributed by atoms with Crippen molar-refractivity contribution in [1.29, 1.82) is 0 Å². The van der Waals surface area contributed by atoms with Gasteiger partial charge in [0.15, 0.2) is 0 Å². The number of esters is 1. The molecule has 0 saturated carbocycles. The van der Waals surface area contributed by atoms with Crippen LogP contribution in [0.25, 0.3) is 0 Å². The van der Waals surface area contributed by atoms with Gasteiger partial charge in [-0.15, -0.1) is 0 Å². The number of amides is 2. The fourth-order valence-corrected chi connectivity index (χ4v) is 1.10. The van der Waals surface area contributed by atoms with Gasteiger partial charge in [-0.2, -0.15) is 0 Å². The smallest absolute Gasteiger partial charge is 0.326 e. The van der Waals surface area contributed by atoms with E-state index in [1.807, 2.05) is 5.32 Å². The number of carboxylic acids is 2. The summed E-state index contributed by atoms with van der Waals surface area (Å²) in [5.41, 5.74) is 0. The molecule has 0 spiro atoms. The number of carbonyl (C=O) groups is 4. The highest BCUT2D eigenvalue weighted by Gasteiger charge is 2.21. The van der Waals surface area contributed by atoms with Gasteiger partial charge in [-0.3, -0.25) is 9.59 Å². The first-order valence-corrected chi connectivity index (χ1v) is 5.51. The molecule has 0 fully saturated rings. The van der Waals surface area contributed by atoms with Crippen LogP contribution in [0.4, 0.5) is 4.79 Å². The molecule has 0 radical (unpaired) electrons. The normalized spacial score (nSPS) is 11.2. The summed E-state index contributed by atoms with van der Waals surface area (Å²) in [6, 6.07) is -2.22. The molecule has 0 aliphatic rings. The lowest BCUT2D eigenvalue weighted by Crippen LogP contribution is -2.47. The Kier molecular flexibility index (Phi) is 7.66. The van der Waals surface area contributed by atoms with E-state index in [1.165, 1.54) is 0 Å². The van der Waals surface area contributed by atoms with E-state index in [-0.39, 0.29) is 13.0 Å². The zero-order valence-corrected chi connectivity index (χ0v) is 10.3. The SMILES string of the molecule is CCOC(=O)CNC(=O)N[C@@H](CCC(=O)O)C(=O)O. The zero-order valence-electron chi connectivity index (χ0n) is 10.3. The Bertz CT molecular complexity index is 356. The average Bonchev–Trinajstić information content (AvgIpc) is 2.31. The van der Waals surface area contributed by atoms with Crippen LogP contribution < -0.4 is 10.6 Å². The van der Waals surface area contributed by atoms with Crippen molar-refractivity contribution < 1.29 is 34.1 Å². The molecule has 0 saturated heterocycles. The van der Waals surface area contributed by atoms with Gasteiger partial charge in [0.1, 0.15) is 12.6 Å². The molecular formula is C10H16N2O7. The van der Waals surface area contributed by atoms with Gasteiger partial charge in [-0.05, 0) is 13.3 Å². The van der Waals surface area contributed by atoms with Crippen LogP contribution in [0.15, 0.2) is 0 Å². The number of hydrogen-bond acceptors (Lipinski definition) is 5. The van der Waals surface area contributed by atoms with Crippen LogP contribution in [0.1, 0.15) is 19.8 Å². The Morgan fingerprint density at radius 3 is 2.32 bits per heavy atom. The minimum Gasteiger partial charge on any atom is -0.481 e. The van der Waals surface area contributed by atoms with Crippen LogP contribution in [-0.2, 0) is 19.1 Å². The van der Waals surface area contributed by atoms with Crippen molar-refractivity contribution in [3.8, 4) is 0 Å². The predicted molar refractivity (Wildman–Crippen MR) is 61.5 cm³/mol. The maximum Gasteiger partial charge on any atom is 0.326 e. The van der Waals surface area contributed by atoms with Gasteiger partial charge in [-0.25, -0.2) is 9.59 Å². The van der Waals surface area contributed by atoms with Gasteiger partial charge in [0.25, 0.3) is 0 Å². The van der Waals surface area contributed by atoms with Gasteiger partial charge in [0.05, 0.1) is 6.61 Å². The molecule has 19 heavy (non-hydrogen) atoms. The summed E-state index contributed by atoms with van der Waals surface area (Å²) in [6.07, 6.45) is -0.646. The van der Waals surface area contributed by atoms with Gasteiger partial charge in [0.2, 0.25) is 0 Å². The van der Waals surface area contributed by atoms with E-state index in [0.29, 0.717) is 0 Å². The maximum absolute atomic E-state index is 11.3. The standard InChI is InChI=1S/C10H16N2O7/c1-2-19-8(15)5-11-10(18)12-6(9(16)17)3-4-7(13)14/h6H,2-5H2,1H3,(H,13,14)(H,16,17)(H2,11,12,18)/t6-/m0/s1. The Labute approximate surface area is 108 Å². The van der Waals surface area contributed by atoms with E-state index in [1.54, 1.807) is 6.92 Å². The van der Waals surface area contributed by atoms with Gasteiger partial charge in [0, 0.05) is 6.42 Å². The third-order valence-electron chi connectivity index (χ3n) is 1.95. The third kappa shape index (κ3) is 8.41. The van der Waals surface area contributed by atoms with Gasteiger partial charge in [-0.1, -0.05) is 0 Å². The number of hydrogen-bond donors (Lipinski definition) is 4. The van der Waals surface area contributed by atoms with Crippen LogP contribution >= 0.6 is 0 Å². The zero-order chi connectivity index (χ0) is 14.8. The highest BCUT2D eigenvalue weighted by atomic mass is 16.5. The Hall–Kier alpha value is -2.32. The molecule has 108 valence electrons. The highest BCUT2D eigenvalue weighted by Crippen LogP contribution is 1.97. The molecule has 0 rings (SSSR count). The lowest BCUT2D eigenvalue weighted by atomic mass is 10.1. The molecule has 0 unspecified atom stereocenters. The van der Waals surface area contributed by atoms with Crippen LogP contribution in [-0.4, -0.2) is 53.3 Å². The Morgan fingerprint density at radius 2 is 1.84 bits per heavy atom. The van der Waals surface area contributed by atoms with Crippen LogP contribution in [0.5, 0.6) is 0 Å². The van der Waals surface area contributed by atoms with Crippen LogP contribution in [0, 0.1) is 0 Å². The van der Waals surface area contributed by atoms with Gasteiger partial charge >= 0.3 is 23.9 Å².